The molecule has 0 aromatic heterocycles. The molecule has 2 N–H and O–H groups in total. The number of carbonyl (C=O) groups excluding carboxylic acids is 2. The van der Waals surface area contributed by atoms with E-state index in [9.17, 15) is 19.8 Å². The molecule has 1 aromatic carbocycles. The molecule has 4 aliphatic carbocycles. The van der Waals surface area contributed by atoms with Crippen LogP contribution in [-0.4, -0.2) is 40.1 Å². The van der Waals surface area contributed by atoms with Crippen LogP contribution in [-0.2, 0) is 9.59 Å². The molecule has 0 spiro atoms. The van der Waals surface area contributed by atoms with Gasteiger partial charge in [-0.1, -0.05) is 42.6 Å². The molecule has 1 aromatic rings. The summed E-state index contributed by atoms with van der Waals surface area (Å²) < 4.78 is 5.68. The van der Waals surface area contributed by atoms with E-state index in [0.29, 0.717) is 35.1 Å². The zero-order valence-corrected chi connectivity index (χ0v) is 21.2. The lowest BCUT2D eigenvalue weighted by molar-refractivity contribution is -0.181. The summed E-state index contributed by atoms with van der Waals surface area (Å²) in [5.74, 6) is 0.531. The van der Waals surface area contributed by atoms with Crippen molar-refractivity contribution in [2.24, 2.45) is 28.6 Å². The Labute approximate surface area is 210 Å². The van der Waals surface area contributed by atoms with Crippen molar-refractivity contribution in [2.75, 3.05) is 6.61 Å². The normalized spacial score (nSPS) is 41.2. The van der Waals surface area contributed by atoms with Gasteiger partial charge in [-0.05, 0) is 86.0 Å². The molecule has 5 rings (SSSR count). The first-order valence-electron chi connectivity index (χ1n) is 12.2. The van der Waals surface area contributed by atoms with Crippen molar-refractivity contribution in [2.45, 2.75) is 70.5 Å². The summed E-state index contributed by atoms with van der Waals surface area (Å²) in [6, 6.07) is 4.80. The number of halogens is 2. The standard InChI is InChI=1S/C27H32Cl2O5/c1-25-9-7-17(30)11-15(25)3-5-18-19-8-10-27(33,26(19,2)13-21(31)24(18)25)23(32)14-34-22-6-4-16(28)12-20(22)29/h4,6,11-12,18-19,21,24,31,33H,3,5,7-10,13-14H2,1-2H3/t18?,19?,21-,24?,25?,26?,27-/m0/s1. The van der Waals surface area contributed by atoms with Crippen molar-refractivity contribution >= 4 is 34.8 Å². The van der Waals surface area contributed by atoms with Crippen molar-refractivity contribution in [3.05, 3.63) is 39.9 Å². The fraction of sp³-hybridized carbons (Fsp3) is 0.630. The second-order valence-electron chi connectivity index (χ2n) is 11.3. The molecule has 3 saturated carbocycles. The van der Waals surface area contributed by atoms with Gasteiger partial charge in [-0.2, -0.15) is 0 Å². The van der Waals surface area contributed by atoms with Crippen molar-refractivity contribution in [1.29, 1.82) is 0 Å². The Morgan fingerprint density at radius 3 is 2.68 bits per heavy atom. The van der Waals surface area contributed by atoms with Crippen LogP contribution in [0.5, 0.6) is 5.75 Å². The van der Waals surface area contributed by atoms with Gasteiger partial charge in [0.1, 0.15) is 18.0 Å². The van der Waals surface area contributed by atoms with Gasteiger partial charge in [0.2, 0.25) is 5.78 Å². The van der Waals surface area contributed by atoms with E-state index < -0.39 is 17.1 Å². The zero-order chi connectivity index (χ0) is 24.5. The third-order valence-corrected chi connectivity index (χ3v) is 10.3. The lowest BCUT2D eigenvalue weighted by Gasteiger charge is -2.60. The van der Waals surface area contributed by atoms with E-state index in [2.05, 4.69) is 6.92 Å². The number of rotatable bonds is 4. The van der Waals surface area contributed by atoms with Gasteiger partial charge in [0, 0.05) is 16.9 Å². The van der Waals surface area contributed by atoms with E-state index in [-0.39, 0.29) is 41.3 Å². The first kappa shape index (κ1) is 24.3. The van der Waals surface area contributed by atoms with Gasteiger partial charge in [0.25, 0.3) is 0 Å². The number of ketones is 2. The second-order valence-corrected chi connectivity index (χ2v) is 12.1. The molecule has 5 nitrogen and oxygen atoms in total. The predicted octanol–water partition coefficient (Wildman–Crippen LogP) is 5.18. The van der Waals surface area contributed by atoms with Crippen LogP contribution >= 0.6 is 23.2 Å². The first-order valence-corrected chi connectivity index (χ1v) is 13.0. The smallest absolute Gasteiger partial charge is 0.202 e. The van der Waals surface area contributed by atoms with Crippen LogP contribution in [0.25, 0.3) is 0 Å². The Morgan fingerprint density at radius 2 is 1.94 bits per heavy atom. The average molecular weight is 507 g/mol. The summed E-state index contributed by atoms with van der Waals surface area (Å²) in [7, 11) is 0. The molecule has 7 atom stereocenters. The van der Waals surface area contributed by atoms with Gasteiger partial charge in [0.05, 0.1) is 11.1 Å². The predicted molar refractivity (Wildman–Crippen MR) is 130 cm³/mol. The quantitative estimate of drug-likeness (QED) is 0.587. The Bertz CT molecular complexity index is 1070. The number of benzene rings is 1. The molecule has 0 radical (unpaired) electrons. The molecule has 0 amide bonds. The van der Waals surface area contributed by atoms with E-state index in [1.165, 1.54) is 5.57 Å². The molecule has 3 fully saturated rings. The van der Waals surface area contributed by atoms with Gasteiger partial charge < -0.3 is 14.9 Å². The number of aliphatic hydroxyl groups excluding tert-OH is 1. The van der Waals surface area contributed by atoms with Crippen LogP contribution in [0.2, 0.25) is 10.0 Å². The number of aliphatic hydroxyl groups is 2. The Hall–Kier alpha value is -1.40. The van der Waals surface area contributed by atoms with Gasteiger partial charge in [-0.25, -0.2) is 0 Å². The van der Waals surface area contributed by atoms with Gasteiger partial charge in [-0.3, -0.25) is 9.59 Å². The zero-order valence-electron chi connectivity index (χ0n) is 19.7. The molecule has 0 aliphatic heterocycles. The van der Waals surface area contributed by atoms with Crippen LogP contribution in [0.4, 0.5) is 0 Å². The highest BCUT2D eigenvalue weighted by molar-refractivity contribution is 6.35. The summed E-state index contributed by atoms with van der Waals surface area (Å²) >= 11 is 12.1. The van der Waals surface area contributed by atoms with E-state index in [0.717, 1.165) is 25.7 Å². The highest BCUT2D eigenvalue weighted by Gasteiger charge is 2.68. The third-order valence-electron chi connectivity index (χ3n) is 9.76. The molecular weight excluding hydrogens is 475 g/mol. The number of hydrogen-bond donors (Lipinski definition) is 2. The van der Waals surface area contributed by atoms with E-state index in [1.54, 1.807) is 18.2 Å². The fourth-order valence-corrected chi connectivity index (χ4v) is 8.47. The Kier molecular flexibility index (Phi) is 5.95. The molecule has 5 unspecified atom stereocenters. The number of fused-ring (bicyclic) bond motifs is 5. The number of carbonyl (C=O) groups is 2. The summed E-state index contributed by atoms with van der Waals surface area (Å²) in [4.78, 5) is 25.5. The second kappa shape index (κ2) is 8.33. The lowest BCUT2D eigenvalue weighted by Crippen LogP contribution is -2.62. The maximum Gasteiger partial charge on any atom is 0.202 e. The number of hydrogen-bond acceptors (Lipinski definition) is 5. The number of Topliss-reactive ketones (excluding diaryl/α,β-unsaturated/α-hetero) is 1. The van der Waals surface area contributed by atoms with Crippen LogP contribution < -0.4 is 4.74 Å². The molecule has 0 heterocycles. The highest BCUT2D eigenvalue weighted by Crippen LogP contribution is 2.67. The molecule has 0 saturated heterocycles. The van der Waals surface area contributed by atoms with Crippen LogP contribution in [0.1, 0.15) is 58.8 Å². The van der Waals surface area contributed by atoms with Gasteiger partial charge >= 0.3 is 0 Å². The maximum atomic E-state index is 13.4. The number of allylic oxidation sites excluding steroid dienone is 1. The summed E-state index contributed by atoms with van der Waals surface area (Å²) in [5, 5.41) is 24.1. The largest absolute Gasteiger partial charge is 0.484 e. The van der Waals surface area contributed by atoms with Crippen LogP contribution in [0.3, 0.4) is 0 Å². The fourth-order valence-electron chi connectivity index (χ4n) is 8.01. The molecule has 0 bridgehead atoms. The minimum atomic E-state index is -1.57. The van der Waals surface area contributed by atoms with Crippen molar-refractivity contribution in [3.8, 4) is 5.75 Å². The molecule has 184 valence electrons. The van der Waals surface area contributed by atoms with Crippen molar-refractivity contribution in [3.63, 3.8) is 0 Å². The minimum Gasteiger partial charge on any atom is -0.484 e. The third kappa shape index (κ3) is 3.49. The molecule has 7 heteroatoms. The van der Waals surface area contributed by atoms with Crippen molar-refractivity contribution in [1.82, 2.24) is 0 Å². The van der Waals surface area contributed by atoms with E-state index >= 15 is 0 Å². The van der Waals surface area contributed by atoms with E-state index in [1.807, 2.05) is 13.0 Å². The molecule has 34 heavy (non-hydrogen) atoms. The van der Waals surface area contributed by atoms with Crippen LogP contribution in [0.15, 0.2) is 29.8 Å². The Balaban J connectivity index is 1.39. The molecule has 4 aliphatic rings. The average Bonchev–Trinajstić information content (AvgIpc) is 3.04. The van der Waals surface area contributed by atoms with Crippen LogP contribution in [0, 0.1) is 28.6 Å². The summed E-state index contributed by atoms with van der Waals surface area (Å²) in [6.45, 7) is 3.87. The Morgan fingerprint density at radius 1 is 1.18 bits per heavy atom. The number of ether oxygens (including phenoxy) is 1. The SMILES string of the molecule is CC12CCC(=O)C=C1CCC1C2[C@@H](O)CC2(C)C1CC[C@]2(O)C(=O)COc1ccc(Cl)cc1Cl. The molecular formula is C27H32Cl2O5. The summed E-state index contributed by atoms with van der Waals surface area (Å²) in [5.41, 5.74) is -1.33. The minimum absolute atomic E-state index is 0.0419. The van der Waals surface area contributed by atoms with Crippen molar-refractivity contribution < 1.29 is 24.5 Å². The topological polar surface area (TPSA) is 83.8 Å². The monoisotopic (exact) mass is 506 g/mol. The first-order chi connectivity index (χ1) is 16.0. The summed E-state index contributed by atoms with van der Waals surface area (Å²) in [6.07, 6.45) is 5.63. The maximum absolute atomic E-state index is 13.4. The van der Waals surface area contributed by atoms with Gasteiger partial charge in [0.15, 0.2) is 5.78 Å². The highest BCUT2D eigenvalue weighted by atomic mass is 35.5. The lowest BCUT2D eigenvalue weighted by atomic mass is 9.45. The van der Waals surface area contributed by atoms with Gasteiger partial charge in [-0.15, -0.1) is 0 Å². The van der Waals surface area contributed by atoms with E-state index in [4.69, 9.17) is 27.9 Å².